The lowest BCUT2D eigenvalue weighted by atomic mass is 10.00. The van der Waals surface area contributed by atoms with Crippen LogP contribution in [-0.4, -0.2) is 5.76 Å². The molecule has 0 saturated carbocycles. The fourth-order valence-electron chi connectivity index (χ4n) is 2.43. The van der Waals surface area contributed by atoms with Gasteiger partial charge in [0.25, 0.3) is 5.76 Å². The van der Waals surface area contributed by atoms with Crippen LogP contribution in [0.5, 0.6) is 0 Å². The van der Waals surface area contributed by atoms with Crippen molar-refractivity contribution in [2.45, 2.75) is 38.0 Å². The molecule has 0 saturated heterocycles. The van der Waals surface area contributed by atoms with Crippen LogP contribution in [0.2, 0.25) is 0 Å². The molecule has 1 N–H and O–H groups in total. The van der Waals surface area contributed by atoms with Gasteiger partial charge in [0, 0.05) is 17.1 Å². The number of hydrogen-bond acceptors (Lipinski definition) is 2. The van der Waals surface area contributed by atoms with E-state index < -0.39 is 5.76 Å². The summed E-state index contributed by atoms with van der Waals surface area (Å²) in [5, 5.41) is 3.35. The number of alkyl halides is 2. The van der Waals surface area contributed by atoms with E-state index in [4.69, 9.17) is 0 Å². The standard InChI is InChI=1S/C17H19F2NS/c1-11-8-12(2)16(13(3)9-11)10-20-14-4-6-15(7-5-14)21-17(18)19/h4-9,17,20H,10H2,1-3H3. The van der Waals surface area contributed by atoms with Gasteiger partial charge < -0.3 is 5.32 Å². The van der Waals surface area contributed by atoms with E-state index in [0.717, 1.165) is 12.2 Å². The minimum Gasteiger partial charge on any atom is -0.381 e. The van der Waals surface area contributed by atoms with Gasteiger partial charge >= 0.3 is 0 Å². The van der Waals surface area contributed by atoms with Crippen molar-refractivity contribution in [2.75, 3.05) is 5.32 Å². The molecule has 0 spiro atoms. The van der Waals surface area contributed by atoms with Crippen molar-refractivity contribution >= 4 is 17.4 Å². The first kappa shape index (κ1) is 15.8. The van der Waals surface area contributed by atoms with Crippen molar-refractivity contribution < 1.29 is 8.78 Å². The number of thioether (sulfide) groups is 1. The van der Waals surface area contributed by atoms with Gasteiger partial charge in [-0.15, -0.1) is 0 Å². The highest BCUT2D eigenvalue weighted by Crippen LogP contribution is 2.26. The van der Waals surface area contributed by atoms with Gasteiger partial charge in [-0.3, -0.25) is 0 Å². The van der Waals surface area contributed by atoms with Crippen molar-refractivity contribution in [3.8, 4) is 0 Å². The lowest BCUT2D eigenvalue weighted by molar-refractivity contribution is 0.252. The Morgan fingerprint density at radius 2 is 1.57 bits per heavy atom. The van der Waals surface area contributed by atoms with Crippen LogP contribution in [0.1, 0.15) is 22.3 Å². The Hall–Kier alpha value is -1.55. The summed E-state index contributed by atoms with van der Waals surface area (Å²) in [4.78, 5) is 0.582. The number of nitrogens with one attached hydrogen (secondary N) is 1. The Bertz CT molecular complexity index is 586. The lowest BCUT2D eigenvalue weighted by Crippen LogP contribution is -2.04. The Labute approximate surface area is 128 Å². The van der Waals surface area contributed by atoms with E-state index in [2.05, 4.69) is 38.2 Å². The number of benzene rings is 2. The molecule has 2 aromatic carbocycles. The van der Waals surface area contributed by atoms with Crippen LogP contribution in [0.25, 0.3) is 0 Å². The Kier molecular flexibility index (Phi) is 5.23. The van der Waals surface area contributed by atoms with Gasteiger partial charge in [-0.2, -0.15) is 8.78 Å². The SMILES string of the molecule is Cc1cc(C)c(CNc2ccc(SC(F)F)cc2)c(C)c1. The smallest absolute Gasteiger partial charge is 0.288 e. The molecule has 0 amide bonds. The van der Waals surface area contributed by atoms with Crippen molar-refractivity contribution in [2.24, 2.45) is 0 Å². The maximum Gasteiger partial charge on any atom is 0.288 e. The van der Waals surface area contributed by atoms with Gasteiger partial charge in [-0.05, 0) is 61.7 Å². The first-order chi connectivity index (χ1) is 9.95. The molecule has 0 unspecified atom stereocenters. The van der Waals surface area contributed by atoms with Crippen molar-refractivity contribution in [1.29, 1.82) is 0 Å². The Morgan fingerprint density at radius 3 is 2.10 bits per heavy atom. The third-order valence-electron chi connectivity index (χ3n) is 3.39. The molecular weight excluding hydrogens is 288 g/mol. The van der Waals surface area contributed by atoms with E-state index in [-0.39, 0.29) is 0 Å². The number of hydrogen-bond donors (Lipinski definition) is 1. The second kappa shape index (κ2) is 6.94. The highest BCUT2D eigenvalue weighted by molar-refractivity contribution is 7.99. The molecule has 0 aliphatic carbocycles. The quantitative estimate of drug-likeness (QED) is 0.728. The summed E-state index contributed by atoms with van der Waals surface area (Å²) < 4.78 is 24.5. The van der Waals surface area contributed by atoms with E-state index in [9.17, 15) is 8.78 Å². The molecule has 1 nitrogen and oxygen atoms in total. The Balaban J connectivity index is 2.03. The zero-order valence-electron chi connectivity index (χ0n) is 12.4. The van der Waals surface area contributed by atoms with E-state index in [1.165, 1.54) is 22.3 Å². The fraction of sp³-hybridized carbons (Fsp3) is 0.294. The van der Waals surface area contributed by atoms with E-state index in [1.807, 2.05) is 12.1 Å². The van der Waals surface area contributed by atoms with E-state index in [0.29, 0.717) is 16.7 Å². The largest absolute Gasteiger partial charge is 0.381 e. The summed E-state index contributed by atoms with van der Waals surface area (Å²) in [6, 6.07) is 11.5. The molecule has 0 heterocycles. The highest BCUT2D eigenvalue weighted by Gasteiger charge is 2.06. The van der Waals surface area contributed by atoms with Crippen molar-refractivity contribution in [1.82, 2.24) is 0 Å². The second-order valence-corrected chi connectivity index (χ2v) is 6.20. The zero-order chi connectivity index (χ0) is 15.4. The lowest BCUT2D eigenvalue weighted by Gasteiger charge is -2.13. The van der Waals surface area contributed by atoms with Gasteiger partial charge in [-0.25, -0.2) is 0 Å². The minimum atomic E-state index is -2.37. The first-order valence-corrected chi connectivity index (χ1v) is 7.69. The third-order valence-corrected chi connectivity index (χ3v) is 4.11. The summed E-state index contributed by atoms with van der Waals surface area (Å²) in [6.45, 7) is 7.05. The predicted molar refractivity (Wildman–Crippen MR) is 86.3 cm³/mol. The Morgan fingerprint density at radius 1 is 1.00 bits per heavy atom. The number of anilines is 1. The average molecular weight is 307 g/mol. The van der Waals surface area contributed by atoms with Gasteiger partial charge in [0.15, 0.2) is 0 Å². The third kappa shape index (κ3) is 4.46. The number of rotatable bonds is 5. The normalized spacial score (nSPS) is 11.0. The molecule has 4 heteroatoms. The minimum absolute atomic E-state index is 0.567. The van der Waals surface area contributed by atoms with Crippen LogP contribution in [0.3, 0.4) is 0 Å². The van der Waals surface area contributed by atoms with Gasteiger partial charge in [-0.1, -0.05) is 29.5 Å². The molecule has 112 valence electrons. The molecule has 0 atom stereocenters. The van der Waals surface area contributed by atoms with Crippen LogP contribution in [-0.2, 0) is 6.54 Å². The fourth-order valence-corrected chi connectivity index (χ4v) is 2.93. The van der Waals surface area contributed by atoms with Gasteiger partial charge in [0.1, 0.15) is 0 Å². The van der Waals surface area contributed by atoms with Crippen LogP contribution in [0.4, 0.5) is 14.5 Å². The summed E-state index contributed by atoms with van der Waals surface area (Å²) in [5.41, 5.74) is 6.02. The monoisotopic (exact) mass is 307 g/mol. The first-order valence-electron chi connectivity index (χ1n) is 6.81. The number of halogens is 2. The van der Waals surface area contributed by atoms with Crippen LogP contribution < -0.4 is 5.32 Å². The number of aryl methyl sites for hydroxylation is 3. The van der Waals surface area contributed by atoms with E-state index >= 15 is 0 Å². The summed E-state index contributed by atoms with van der Waals surface area (Å²) in [7, 11) is 0. The summed E-state index contributed by atoms with van der Waals surface area (Å²) in [5.74, 6) is -2.37. The molecule has 21 heavy (non-hydrogen) atoms. The van der Waals surface area contributed by atoms with Gasteiger partial charge in [0.2, 0.25) is 0 Å². The summed E-state index contributed by atoms with van der Waals surface area (Å²) >= 11 is 0.567. The highest BCUT2D eigenvalue weighted by atomic mass is 32.2. The molecule has 0 aromatic heterocycles. The maximum absolute atomic E-state index is 12.3. The predicted octanol–water partition coefficient (Wildman–Crippen LogP) is 5.54. The molecule has 0 aliphatic heterocycles. The average Bonchev–Trinajstić information content (AvgIpc) is 2.38. The zero-order valence-corrected chi connectivity index (χ0v) is 13.2. The molecular formula is C17H19F2NS. The van der Waals surface area contributed by atoms with Crippen LogP contribution >= 0.6 is 11.8 Å². The summed E-state index contributed by atoms with van der Waals surface area (Å²) in [6.07, 6.45) is 0. The van der Waals surface area contributed by atoms with E-state index in [1.54, 1.807) is 12.1 Å². The molecule has 0 radical (unpaired) electrons. The van der Waals surface area contributed by atoms with Gasteiger partial charge in [0.05, 0.1) is 0 Å². The molecule has 0 bridgehead atoms. The van der Waals surface area contributed by atoms with Crippen LogP contribution in [0.15, 0.2) is 41.3 Å². The molecule has 0 fully saturated rings. The topological polar surface area (TPSA) is 12.0 Å². The maximum atomic E-state index is 12.3. The molecule has 2 aromatic rings. The molecule has 2 rings (SSSR count). The molecule has 0 aliphatic rings. The van der Waals surface area contributed by atoms with Crippen LogP contribution in [0, 0.1) is 20.8 Å². The second-order valence-electron chi connectivity index (χ2n) is 5.13. The van der Waals surface area contributed by atoms with Crippen molar-refractivity contribution in [3.63, 3.8) is 0 Å². The van der Waals surface area contributed by atoms with Crippen molar-refractivity contribution in [3.05, 3.63) is 58.7 Å².